The highest BCUT2D eigenvalue weighted by molar-refractivity contribution is 7.18. The summed E-state index contributed by atoms with van der Waals surface area (Å²) in [5.41, 5.74) is 2.76. The maximum absolute atomic E-state index is 13.0. The largest absolute Gasteiger partial charge is 0.488 e. The maximum Gasteiger partial charge on any atom is 0.251 e. The smallest absolute Gasteiger partial charge is 0.251 e. The van der Waals surface area contributed by atoms with E-state index in [4.69, 9.17) is 21.1 Å². The van der Waals surface area contributed by atoms with Gasteiger partial charge in [-0.3, -0.25) is 4.79 Å². The second kappa shape index (κ2) is 9.07. The van der Waals surface area contributed by atoms with Crippen LogP contribution in [0.15, 0.2) is 36.5 Å². The molecule has 0 saturated carbocycles. The standard InChI is InChI=1S/C21H21ClN4O3S/c1-12-3-4-18(26-25-12)13(2)24-20(27)14-7-15(21-23-10-19(22)30-21)9-17(8-14)29-16-5-6-28-11-16/h3-4,7-10,13,16H,5-6,11H2,1-2H3,(H,24,27)/t13-,16-/m1/s1. The molecule has 1 aromatic carbocycles. The fraction of sp³-hybridized carbons (Fsp3) is 0.333. The predicted molar refractivity (Wildman–Crippen MR) is 115 cm³/mol. The van der Waals surface area contributed by atoms with E-state index in [0.29, 0.717) is 34.6 Å². The monoisotopic (exact) mass is 444 g/mol. The zero-order valence-electron chi connectivity index (χ0n) is 16.6. The Morgan fingerprint density at radius 2 is 2.20 bits per heavy atom. The molecule has 1 fully saturated rings. The molecule has 3 aromatic rings. The number of nitrogens with zero attached hydrogens (tertiary/aromatic N) is 3. The molecule has 0 bridgehead atoms. The van der Waals surface area contributed by atoms with E-state index in [1.165, 1.54) is 11.3 Å². The SMILES string of the molecule is Cc1ccc([C@@H](C)NC(=O)c2cc(O[C@@H]3CCOC3)cc(-c3ncc(Cl)s3)c2)nn1. The van der Waals surface area contributed by atoms with E-state index in [9.17, 15) is 4.79 Å². The molecule has 0 radical (unpaired) electrons. The first-order valence-electron chi connectivity index (χ1n) is 9.60. The van der Waals surface area contributed by atoms with Crippen LogP contribution in [0.2, 0.25) is 4.34 Å². The first kappa shape index (κ1) is 20.7. The minimum Gasteiger partial charge on any atom is -0.488 e. The molecule has 1 amide bonds. The van der Waals surface area contributed by atoms with E-state index in [1.807, 2.05) is 32.0 Å². The van der Waals surface area contributed by atoms with Crippen LogP contribution in [0.3, 0.4) is 0 Å². The average Bonchev–Trinajstić information content (AvgIpc) is 3.40. The average molecular weight is 445 g/mol. The van der Waals surface area contributed by atoms with Gasteiger partial charge in [0.15, 0.2) is 0 Å². The molecule has 1 aliphatic heterocycles. The Hall–Kier alpha value is -2.55. The molecule has 0 aliphatic carbocycles. The Kier molecular flexibility index (Phi) is 6.26. The molecule has 3 heterocycles. The molecular formula is C21H21ClN4O3S. The van der Waals surface area contributed by atoms with Crippen LogP contribution in [-0.4, -0.2) is 40.4 Å². The summed E-state index contributed by atoms with van der Waals surface area (Å²) in [6, 6.07) is 8.83. The summed E-state index contributed by atoms with van der Waals surface area (Å²) < 4.78 is 12.0. The number of amides is 1. The number of carbonyl (C=O) groups is 1. The van der Waals surface area contributed by atoms with Crippen molar-refractivity contribution >= 4 is 28.8 Å². The van der Waals surface area contributed by atoms with Crippen molar-refractivity contribution in [2.75, 3.05) is 13.2 Å². The number of carbonyl (C=O) groups excluding carboxylic acids is 1. The van der Waals surface area contributed by atoms with E-state index < -0.39 is 0 Å². The topological polar surface area (TPSA) is 86.2 Å². The molecule has 1 N–H and O–H groups in total. The minimum absolute atomic E-state index is 0.0298. The van der Waals surface area contributed by atoms with Gasteiger partial charge in [-0.25, -0.2) is 4.98 Å². The summed E-state index contributed by atoms with van der Waals surface area (Å²) in [5, 5.41) is 11.9. The fourth-order valence-corrected chi connectivity index (χ4v) is 4.00. The van der Waals surface area contributed by atoms with Crippen molar-refractivity contribution in [1.82, 2.24) is 20.5 Å². The highest BCUT2D eigenvalue weighted by Gasteiger charge is 2.20. The van der Waals surface area contributed by atoms with E-state index in [1.54, 1.807) is 18.3 Å². The van der Waals surface area contributed by atoms with Gasteiger partial charge in [-0.1, -0.05) is 11.6 Å². The molecule has 4 rings (SSSR count). The molecule has 2 aromatic heterocycles. The molecule has 30 heavy (non-hydrogen) atoms. The van der Waals surface area contributed by atoms with E-state index in [-0.39, 0.29) is 18.1 Å². The van der Waals surface area contributed by atoms with E-state index in [0.717, 1.165) is 22.7 Å². The van der Waals surface area contributed by atoms with Crippen LogP contribution < -0.4 is 10.1 Å². The summed E-state index contributed by atoms with van der Waals surface area (Å²) in [6.07, 6.45) is 2.38. The third kappa shape index (κ3) is 4.95. The van der Waals surface area contributed by atoms with Crippen LogP contribution in [0, 0.1) is 6.92 Å². The molecule has 1 aliphatic rings. The molecule has 0 unspecified atom stereocenters. The molecule has 1 saturated heterocycles. The highest BCUT2D eigenvalue weighted by Crippen LogP contribution is 2.32. The Labute approximate surface area is 183 Å². The summed E-state index contributed by atoms with van der Waals surface area (Å²) in [5.74, 6) is 0.365. The summed E-state index contributed by atoms with van der Waals surface area (Å²) in [7, 11) is 0. The van der Waals surface area contributed by atoms with Crippen LogP contribution in [0.5, 0.6) is 5.75 Å². The zero-order valence-corrected chi connectivity index (χ0v) is 18.2. The quantitative estimate of drug-likeness (QED) is 0.612. The van der Waals surface area contributed by atoms with Gasteiger partial charge >= 0.3 is 0 Å². The number of rotatable bonds is 6. The van der Waals surface area contributed by atoms with Gasteiger partial charge in [0, 0.05) is 17.5 Å². The lowest BCUT2D eigenvalue weighted by atomic mass is 10.1. The zero-order chi connectivity index (χ0) is 21.1. The molecule has 2 atom stereocenters. The molecule has 9 heteroatoms. The van der Waals surface area contributed by atoms with E-state index in [2.05, 4.69) is 20.5 Å². The Morgan fingerprint density at radius 3 is 2.87 bits per heavy atom. The van der Waals surface area contributed by atoms with Gasteiger partial charge in [-0.15, -0.1) is 11.3 Å². The van der Waals surface area contributed by atoms with Crippen LogP contribution >= 0.6 is 22.9 Å². The third-order valence-electron chi connectivity index (χ3n) is 4.69. The van der Waals surface area contributed by atoms with Crippen LogP contribution in [-0.2, 0) is 4.74 Å². The molecule has 156 valence electrons. The first-order chi connectivity index (χ1) is 14.5. The maximum atomic E-state index is 13.0. The summed E-state index contributed by atoms with van der Waals surface area (Å²) in [6.45, 7) is 4.95. The Bertz CT molecular complexity index is 1030. The van der Waals surface area contributed by atoms with Gasteiger partial charge < -0.3 is 14.8 Å². The van der Waals surface area contributed by atoms with Gasteiger partial charge in [0.1, 0.15) is 21.2 Å². The van der Waals surface area contributed by atoms with Crippen LogP contribution in [0.25, 0.3) is 10.6 Å². The van der Waals surface area contributed by atoms with Gasteiger partial charge in [-0.2, -0.15) is 10.2 Å². The Balaban J connectivity index is 1.59. The molecule has 7 nitrogen and oxygen atoms in total. The number of hydrogen-bond donors (Lipinski definition) is 1. The number of ether oxygens (including phenoxy) is 2. The number of benzene rings is 1. The second-order valence-corrected chi connectivity index (χ2v) is 8.78. The number of halogens is 1. The lowest BCUT2D eigenvalue weighted by molar-refractivity contribution is 0.0938. The van der Waals surface area contributed by atoms with Crippen molar-refractivity contribution in [2.45, 2.75) is 32.4 Å². The number of hydrogen-bond acceptors (Lipinski definition) is 7. The van der Waals surface area contributed by atoms with Gasteiger partial charge in [-0.05, 0) is 44.2 Å². The summed E-state index contributed by atoms with van der Waals surface area (Å²) in [4.78, 5) is 17.3. The van der Waals surface area contributed by atoms with Crippen LogP contribution in [0.1, 0.15) is 41.1 Å². The predicted octanol–water partition coefficient (Wildman–Crippen LogP) is 4.22. The van der Waals surface area contributed by atoms with Gasteiger partial charge in [0.05, 0.1) is 36.8 Å². The number of aromatic nitrogens is 3. The lowest BCUT2D eigenvalue weighted by Gasteiger charge is -2.16. The second-order valence-electron chi connectivity index (χ2n) is 7.11. The normalized spacial score (nSPS) is 17.0. The van der Waals surface area contributed by atoms with Gasteiger partial charge in [0.2, 0.25) is 0 Å². The van der Waals surface area contributed by atoms with E-state index >= 15 is 0 Å². The summed E-state index contributed by atoms with van der Waals surface area (Å²) >= 11 is 7.40. The Morgan fingerprint density at radius 1 is 1.33 bits per heavy atom. The van der Waals surface area contributed by atoms with Crippen molar-refractivity contribution in [1.29, 1.82) is 0 Å². The van der Waals surface area contributed by atoms with Crippen molar-refractivity contribution in [3.05, 3.63) is 57.8 Å². The van der Waals surface area contributed by atoms with Crippen molar-refractivity contribution in [2.24, 2.45) is 0 Å². The fourth-order valence-electron chi connectivity index (χ4n) is 3.10. The minimum atomic E-state index is -0.295. The van der Waals surface area contributed by atoms with Crippen LogP contribution in [0.4, 0.5) is 0 Å². The highest BCUT2D eigenvalue weighted by atomic mass is 35.5. The molecule has 0 spiro atoms. The lowest BCUT2D eigenvalue weighted by Crippen LogP contribution is -2.27. The number of aryl methyl sites for hydroxylation is 1. The third-order valence-corrected chi connectivity index (χ3v) is 5.86. The molecular weight excluding hydrogens is 424 g/mol. The first-order valence-corrected chi connectivity index (χ1v) is 10.8. The van der Waals surface area contributed by atoms with Crippen molar-refractivity contribution in [3.63, 3.8) is 0 Å². The number of nitrogens with one attached hydrogen (secondary N) is 1. The van der Waals surface area contributed by atoms with Gasteiger partial charge in [0.25, 0.3) is 5.91 Å². The number of thiazole rings is 1. The van der Waals surface area contributed by atoms with Crippen molar-refractivity contribution in [3.8, 4) is 16.3 Å². The van der Waals surface area contributed by atoms with Crippen molar-refractivity contribution < 1.29 is 14.3 Å².